The maximum absolute atomic E-state index is 12.0. The number of aryl methyl sites for hydroxylation is 1. The van der Waals surface area contributed by atoms with E-state index in [-0.39, 0.29) is 11.9 Å². The Bertz CT molecular complexity index is 493. The first kappa shape index (κ1) is 15.6. The lowest BCUT2D eigenvalue weighted by molar-refractivity contribution is -0.125. The molecule has 1 fully saturated rings. The number of para-hydroxylation sites is 1. The first-order valence-corrected chi connectivity index (χ1v) is 7.56. The summed E-state index contributed by atoms with van der Waals surface area (Å²) < 4.78 is 0. The van der Waals surface area contributed by atoms with Gasteiger partial charge in [-0.3, -0.25) is 9.69 Å². The maximum atomic E-state index is 12.0. The molecule has 1 atom stereocenters. The molecule has 1 unspecified atom stereocenters. The summed E-state index contributed by atoms with van der Waals surface area (Å²) in [5, 5.41) is 2.87. The van der Waals surface area contributed by atoms with Crippen LogP contribution in [0.2, 0.25) is 0 Å². The van der Waals surface area contributed by atoms with Crippen LogP contribution in [0.15, 0.2) is 36.9 Å². The molecular weight excluding hydrogens is 262 g/mol. The van der Waals surface area contributed by atoms with Crippen molar-refractivity contribution >= 4 is 11.6 Å². The molecule has 1 heterocycles. The van der Waals surface area contributed by atoms with Gasteiger partial charge >= 0.3 is 0 Å². The molecule has 0 aliphatic carbocycles. The van der Waals surface area contributed by atoms with Gasteiger partial charge in [0.15, 0.2) is 0 Å². The van der Waals surface area contributed by atoms with Gasteiger partial charge in [-0.1, -0.05) is 24.3 Å². The standard InChI is InChI=1S/C17H25N3O/c1-4-9-18-17(21)15(3)19-10-12-20(13-11-19)16-8-6-5-7-14(16)2/h4-8,15H,1,9-13H2,2-3H3,(H,18,21). The minimum atomic E-state index is -0.0797. The predicted octanol–water partition coefficient (Wildman–Crippen LogP) is 1.81. The topological polar surface area (TPSA) is 35.6 Å². The Morgan fingerprint density at radius 2 is 2.00 bits per heavy atom. The van der Waals surface area contributed by atoms with E-state index in [0.29, 0.717) is 6.54 Å². The lowest BCUT2D eigenvalue weighted by atomic mass is 10.1. The van der Waals surface area contributed by atoms with Gasteiger partial charge in [-0.15, -0.1) is 6.58 Å². The van der Waals surface area contributed by atoms with Crippen LogP contribution in [0, 0.1) is 6.92 Å². The zero-order chi connectivity index (χ0) is 15.2. The molecule has 0 radical (unpaired) electrons. The lowest BCUT2D eigenvalue weighted by Gasteiger charge is -2.39. The Kier molecular flexibility index (Phi) is 5.39. The van der Waals surface area contributed by atoms with Crippen molar-refractivity contribution < 1.29 is 4.79 Å². The van der Waals surface area contributed by atoms with Crippen LogP contribution < -0.4 is 10.2 Å². The summed E-state index contributed by atoms with van der Waals surface area (Å²) in [6.07, 6.45) is 1.71. The van der Waals surface area contributed by atoms with Crippen molar-refractivity contribution in [3.05, 3.63) is 42.5 Å². The molecule has 1 N–H and O–H groups in total. The second-order valence-electron chi connectivity index (χ2n) is 5.52. The average Bonchev–Trinajstić information content (AvgIpc) is 2.52. The summed E-state index contributed by atoms with van der Waals surface area (Å²) in [5.41, 5.74) is 2.61. The molecule has 21 heavy (non-hydrogen) atoms. The van der Waals surface area contributed by atoms with Crippen molar-refractivity contribution in [1.82, 2.24) is 10.2 Å². The minimum Gasteiger partial charge on any atom is -0.369 e. The van der Waals surface area contributed by atoms with E-state index in [4.69, 9.17) is 0 Å². The molecule has 0 bridgehead atoms. The van der Waals surface area contributed by atoms with Crippen LogP contribution in [0.25, 0.3) is 0 Å². The van der Waals surface area contributed by atoms with Gasteiger partial charge in [0.25, 0.3) is 0 Å². The number of anilines is 1. The van der Waals surface area contributed by atoms with Gasteiger partial charge in [0.2, 0.25) is 5.91 Å². The van der Waals surface area contributed by atoms with Gasteiger partial charge in [-0.25, -0.2) is 0 Å². The smallest absolute Gasteiger partial charge is 0.237 e. The summed E-state index contributed by atoms with van der Waals surface area (Å²) in [6.45, 7) is 12.0. The van der Waals surface area contributed by atoms with Crippen LogP contribution in [-0.2, 0) is 4.79 Å². The highest BCUT2D eigenvalue weighted by Gasteiger charge is 2.25. The molecule has 1 aliphatic rings. The van der Waals surface area contributed by atoms with Crippen molar-refractivity contribution in [2.75, 3.05) is 37.6 Å². The molecule has 4 nitrogen and oxygen atoms in total. The van der Waals surface area contributed by atoms with Gasteiger partial charge in [-0.05, 0) is 25.5 Å². The highest BCUT2D eigenvalue weighted by Crippen LogP contribution is 2.21. The van der Waals surface area contributed by atoms with Crippen molar-refractivity contribution in [3.63, 3.8) is 0 Å². The number of rotatable bonds is 5. The van der Waals surface area contributed by atoms with Crippen LogP contribution in [0.5, 0.6) is 0 Å². The molecule has 0 spiro atoms. The number of nitrogens with zero attached hydrogens (tertiary/aromatic N) is 2. The normalized spacial score (nSPS) is 17.3. The van der Waals surface area contributed by atoms with Crippen LogP contribution in [0.1, 0.15) is 12.5 Å². The zero-order valence-corrected chi connectivity index (χ0v) is 13.0. The highest BCUT2D eigenvalue weighted by atomic mass is 16.2. The Morgan fingerprint density at radius 3 is 2.62 bits per heavy atom. The first-order valence-electron chi connectivity index (χ1n) is 7.56. The van der Waals surface area contributed by atoms with Crippen molar-refractivity contribution in [2.45, 2.75) is 19.9 Å². The molecule has 114 valence electrons. The molecule has 1 amide bonds. The molecule has 0 aromatic heterocycles. The Morgan fingerprint density at radius 1 is 1.33 bits per heavy atom. The molecule has 2 rings (SSSR count). The van der Waals surface area contributed by atoms with Crippen LogP contribution in [-0.4, -0.2) is 49.6 Å². The highest BCUT2D eigenvalue weighted by molar-refractivity contribution is 5.81. The van der Waals surface area contributed by atoms with Crippen molar-refractivity contribution in [1.29, 1.82) is 0 Å². The third kappa shape index (κ3) is 3.85. The van der Waals surface area contributed by atoms with Crippen LogP contribution >= 0.6 is 0 Å². The lowest BCUT2D eigenvalue weighted by Crippen LogP contribution is -2.54. The summed E-state index contributed by atoms with van der Waals surface area (Å²) in [7, 11) is 0. The van der Waals surface area contributed by atoms with E-state index in [1.807, 2.05) is 6.92 Å². The number of benzene rings is 1. The number of hydrogen-bond donors (Lipinski definition) is 1. The average molecular weight is 287 g/mol. The number of nitrogens with one attached hydrogen (secondary N) is 1. The molecule has 1 aromatic carbocycles. The largest absolute Gasteiger partial charge is 0.369 e. The van der Waals surface area contributed by atoms with E-state index in [0.717, 1.165) is 26.2 Å². The van der Waals surface area contributed by atoms with E-state index in [1.165, 1.54) is 11.3 Å². The molecule has 1 aromatic rings. The monoisotopic (exact) mass is 287 g/mol. The first-order chi connectivity index (χ1) is 10.1. The Balaban J connectivity index is 1.90. The van der Waals surface area contributed by atoms with Gasteiger partial charge < -0.3 is 10.2 Å². The van der Waals surface area contributed by atoms with Gasteiger partial charge in [0, 0.05) is 38.4 Å². The molecular formula is C17H25N3O. The zero-order valence-electron chi connectivity index (χ0n) is 13.0. The summed E-state index contributed by atoms with van der Waals surface area (Å²) >= 11 is 0. The summed E-state index contributed by atoms with van der Waals surface area (Å²) in [6, 6.07) is 8.39. The van der Waals surface area contributed by atoms with E-state index < -0.39 is 0 Å². The number of hydrogen-bond acceptors (Lipinski definition) is 3. The van der Waals surface area contributed by atoms with Gasteiger partial charge in [0.05, 0.1) is 6.04 Å². The van der Waals surface area contributed by atoms with Crippen LogP contribution in [0.3, 0.4) is 0 Å². The van der Waals surface area contributed by atoms with E-state index in [1.54, 1.807) is 6.08 Å². The third-order valence-corrected chi connectivity index (χ3v) is 4.12. The summed E-state index contributed by atoms with van der Waals surface area (Å²) in [4.78, 5) is 16.6. The Labute approximate surface area is 127 Å². The molecule has 1 aliphatic heterocycles. The molecule has 1 saturated heterocycles. The molecule has 4 heteroatoms. The third-order valence-electron chi connectivity index (χ3n) is 4.12. The van der Waals surface area contributed by atoms with E-state index in [9.17, 15) is 4.79 Å². The number of amides is 1. The SMILES string of the molecule is C=CCNC(=O)C(C)N1CCN(c2ccccc2C)CC1. The fourth-order valence-corrected chi connectivity index (χ4v) is 2.75. The predicted molar refractivity (Wildman–Crippen MR) is 87.6 cm³/mol. The van der Waals surface area contributed by atoms with Crippen molar-refractivity contribution in [3.8, 4) is 0 Å². The number of carbonyl (C=O) groups is 1. The quantitative estimate of drug-likeness (QED) is 0.839. The second kappa shape index (κ2) is 7.27. The number of carbonyl (C=O) groups excluding carboxylic acids is 1. The fourth-order valence-electron chi connectivity index (χ4n) is 2.75. The number of piperazine rings is 1. The van der Waals surface area contributed by atoms with Gasteiger partial charge in [-0.2, -0.15) is 0 Å². The van der Waals surface area contributed by atoms with Gasteiger partial charge in [0.1, 0.15) is 0 Å². The molecule has 0 saturated carbocycles. The summed E-state index contributed by atoms with van der Waals surface area (Å²) in [5.74, 6) is 0.0826. The Hall–Kier alpha value is -1.81. The minimum absolute atomic E-state index is 0.0797. The van der Waals surface area contributed by atoms with Crippen LogP contribution in [0.4, 0.5) is 5.69 Å². The van der Waals surface area contributed by atoms with E-state index >= 15 is 0 Å². The second-order valence-corrected chi connectivity index (χ2v) is 5.52. The maximum Gasteiger partial charge on any atom is 0.237 e. The van der Waals surface area contributed by atoms with E-state index in [2.05, 4.69) is 52.9 Å². The van der Waals surface area contributed by atoms with Crippen molar-refractivity contribution in [2.24, 2.45) is 0 Å². The fraction of sp³-hybridized carbons (Fsp3) is 0.471.